The summed E-state index contributed by atoms with van der Waals surface area (Å²) in [5.74, 6) is -0.707. The lowest BCUT2D eigenvalue weighted by Gasteiger charge is -2.19. The normalized spacial score (nSPS) is 30.1. The lowest BCUT2D eigenvalue weighted by Crippen LogP contribution is -2.39. The van der Waals surface area contributed by atoms with Gasteiger partial charge in [-0.1, -0.05) is 47.0 Å². The molecule has 6 unspecified atom stereocenters. The van der Waals surface area contributed by atoms with E-state index in [1.54, 1.807) is 6.92 Å². The van der Waals surface area contributed by atoms with Crippen LogP contribution in [0.3, 0.4) is 0 Å². The second-order valence-electron chi connectivity index (χ2n) is 9.54. The van der Waals surface area contributed by atoms with E-state index in [4.69, 9.17) is 14.2 Å². The SMILES string of the molecule is CCCC1OC1CCC(=O)N(CC1OC1CCC)C(=O)C=C(CC1OC1CCC)C(=O)CC. The average Bonchev–Trinajstić information content (AvgIpc) is 3.70. The van der Waals surface area contributed by atoms with Crippen molar-refractivity contribution < 1.29 is 28.6 Å². The van der Waals surface area contributed by atoms with Crippen molar-refractivity contribution in [3.05, 3.63) is 11.6 Å². The van der Waals surface area contributed by atoms with Gasteiger partial charge in [0, 0.05) is 30.9 Å². The maximum Gasteiger partial charge on any atom is 0.253 e. The molecule has 0 N–H and O–H groups in total. The molecule has 0 spiro atoms. The van der Waals surface area contributed by atoms with Crippen LogP contribution >= 0.6 is 0 Å². The summed E-state index contributed by atoms with van der Waals surface area (Å²) in [5, 5.41) is 0. The smallest absolute Gasteiger partial charge is 0.253 e. The van der Waals surface area contributed by atoms with Gasteiger partial charge in [0.1, 0.15) is 6.10 Å². The third-order valence-electron chi connectivity index (χ3n) is 6.75. The Morgan fingerprint density at radius 2 is 1.24 bits per heavy atom. The van der Waals surface area contributed by atoms with Crippen molar-refractivity contribution in [3.8, 4) is 0 Å². The highest BCUT2D eigenvalue weighted by atomic mass is 16.6. The standard InChI is InChI=1S/C26H41NO6/c1-5-9-19-22(31-19)12-13-25(29)27(16-24-21(33-24)11-7-3)26(30)15-17(18(28)8-4)14-23-20(32-23)10-6-2/h15,19-24H,5-14,16H2,1-4H3. The fraction of sp³-hybridized carbons (Fsp3) is 0.808. The molecule has 7 heteroatoms. The molecular formula is C26H41NO6. The van der Waals surface area contributed by atoms with Crippen LogP contribution in [0.4, 0.5) is 0 Å². The average molecular weight is 464 g/mol. The van der Waals surface area contributed by atoms with Crippen LogP contribution in [0.2, 0.25) is 0 Å². The molecule has 3 heterocycles. The molecule has 0 aromatic rings. The summed E-state index contributed by atoms with van der Waals surface area (Å²) in [4.78, 5) is 40.1. The molecular weight excluding hydrogens is 422 g/mol. The molecule has 7 nitrogen and oxygen atoms in total. The topological polar surface area (TPSA) is 92.0 Å². The minimum atomic E-state index is -0.419. The molecule has 2 amide bonds. The highest BCUT2D eigenvalue weighted by molar-refractivity contribution is 6.06. The monoisotopic (exact) mass is 463 g/mol. The minimum absolute atomic E-state index is 0.00753. The van der Waals surface area contributed by atoms with Crippen LogP contribution in [0.5, 0.6) is 0 Å². The predicted molar refractivity (Wildman–Crippen MR) is 125 cm³/mol. The Balaban J connectivity index is 1.64. The Morgan fingerprint density at radius 3 is 1.85 bits per heavy atom. The molecule has 0 saturated carbocycles. The lowest BCUT2D eigenvalue weighted by atomic mass is 10.0. The van der Waals surface area contributed by atoms with Crippen molar-refractivity contribution in [1.29, 1.82) is 0 Å². The molecule has 0 aromatic carbocycles. The number of rotatable bonds is 16. The second kappa shape index (κ2) is 12.2. The van der Waals surface area contributed by atoms with Gasteiger partial charge in [-0.25, -0.2) is 0 Å². The molecule has 0 aromatic heterocycles. The van der Waals surface area contributed by atoms with Crippen molar-refractivity contribution in [2.45, 2.75) is 129 Å². The first-order chi connectivity index (χ1) is 15.9. The summed E-state index contributed by atoms with van der Waals surface area (Å²) in [6, 6.07) is 0. The first-order valence-electron chi connectivity index (χ1n) is 13.0. The Labute approximate surface area is 198 Å². The highest BCUT2D eigenvalue weighted by Crippen LogP contribution is 2.33. The largest absolute Gasteiger partial charge is 0.370 e. The third-order valence-corrected chi connectivity index (χ3v) is 6.75. The molecule has 0 aliphatic carbocycles. The van der Waals surface area contributed by atoms with Crippen LogP contribution in [0.25, 0.3) is 0 Å². The zero-order valence-corrected chi connectivity index (χ0v) is 20.7. The number of Topliss-reactive ketones (excluding diaryl/α,β-unsaturated/α-hetero) is 1. The maximum atomic E-state index is 13.2. The van der Waals surface area contributed by atoms with E-state index >= 15 is 0 Å². The first-order valence-corrected chi connectivity index (χ1v) is 13.0. The van der Waals surface area contributed by atoms with Gasteiger partial charge >= 0.3 is 0 Å². The van der Waals surface area contributed by atoms with E-state index < -0.39 is 5.91 Å². The molecule has 3 aliphatic rings. The number of nitrogens with zero attached hydrogens (tertiary/aromatic N) is 1. The van der Waals surface area contributed by atoms with Gasteiger partial charge in [0.2, 0.25) is 5.91 Å². The van der Waals surface area contributed by atoms with Crippen LogP contribution < -0.4 is 0 Å². The number of epoxide rings is 3. The van der Waals surface area contributed by atoms with Gasteiger partial charge in [-0.3, -0.25) is 19.3 Å². The Bertz CT molecular complexity index is 734. The molecule has 3 fully saturated rings. The number of ether oxygens (including phenoxy) is 3. The molecule has 33 heavy (non-hydrogen) atoms. The first kappa shape index (κ1) is 26.0. The van der Waals surface area contributed by atoms with Gasteiger partial charge in [0.15, 0.2) is 5.78 Å². The second-order valence-corrected chi connectivity index (χ2v) is 9.54. The molecule has 6 atom stereocenters. The van der Waals surface area contributed by atoms with E-state index in [2.05, 4.69) is 20.8 Å². The van der Waals surface area contributed by atoms with E-state index in [1.807, 2.05) is 0 Å². The molecule has 3 rings (SSSR count). The van der Waals surface area contributed by atoms with Crippen LogP contribution in [0.1, 0.15) is 91.9 Å². The lowest BCUT2D eigenvalue weighted by molar-refractivity contribution is -0.142. The summed E-state index contributed by atoms with van der Waals surface area (Å²) >= 11 is 0. The molecule has 186 valence electrons. The molecule has 0 radical (unpaired) electrons. The number of carbonyl (C=O) groups is 3. The number of hydrogen-bond acceptors (Lipinski definition) is 6. The summed E-state index contributed by atoms with van der Waals surface area (Å²) in [6.45, 7) is 8.34. The van der Waals surface area contributed by atoms with E-state index in [0.29, 0.717) is 24.8 Å². The number of carbonyl (C=O) groups excluding carboxylic acids is 3. The zero-order valence-electron chi connectivity index (χ0n) is 20.7. The number of ketones is 1. The van der Waals surface area contributed by atoms with Crippen molar-refractivity contribution in [1.82, 2.24) is 4.90 Å². The maximum absolute atomic E-state index is 13.2. The summed E-state index contributed by atoms with van der Waals surface area (Å²) < 4.78 is 17.0. The number of imide groups is 1. The molecule has 3 saturated heterocycles. The summed E-state index contributed by atoms with van der Waals surface area (Å²) in [5.41, 5.74) is 0.458. The van der Waals surface area contributed by atoms with Gasteiger partial charge < -0.3 is 14.2 Å². The van der Waals surface area contributed by atoms with Crippen molar-refractivity contribution >= 4 is 17.6 Å². The number of hydrogen-bond donors (Lipinski definition) is 0. The zero-order chi connectivity index (χ0) is 24.0. The van der Waals surface area contributed by atoms with Crippen LogP contribution in [0, 0.1) is 0 Å². The third kappa shape index (κ3) is 7.72. The van der Waals surface area contributed by atoms with Crippen molar-refractivity contribution in [2.24, 2.45) is 0 Å². The minimum Gasteiger partial charge on any atom is -0.370 e. The Hall–Kier alpha value is -1.57. The van der Waals surface area contributed by atoms with Crippen molar-refractivity contribution in [3.63, 3.8) is 0 Å². The van der Waals surface area contributed by atoms with E-state index in [0.717, 1.165) is 38.5 Å². The summed E-state index contributed by atoms with van der Waals surface area (Å²) in [7, 11) is 0. The Kier molecular flexibility index (Phi) is 9.65. The van der Waals surface area contributed by atoms with Gasteiger partial charge in [0.25, 0.3) is 5.91 Å². The highest BCUT2D eigenvalue weighted by Gasteiger charge is 2.43. The fourth-order valence-electron chi connectivity index (χ4n) is 4.57. The van der Waals surface area contributed by atoms with Gasteiger partial charge in [-0.2, -0.15) is 0 Å². The van der Waals surface area contributed by atoms with Gasteiger partial charge in [-0.05, 0) is 25.7 Å². The van der Waals surface area contributed by atoms with Crippen molar-refractivity contribution in [2.75, 3.05) is 6.54 Å². The van der Waals surface area contributed by atoms with E-state index in [9.17, 15) is 14.4 Å². The number of amides is 2. The van der Waals surface area contributed by atoms with Crippen LogP contribution in [0.15, 0.2) is 11.6 Å². The van der Waals surface area contributed by atoms with E-state index in [-0.39, 0.29) is 61.3 Å². The summed E-state index contributed by atoms with van der Waals surface area (Å²) in [6.07, 6.45) is 9.48. The molecule has 0 bridgehead atoms. The van der Waals surface area contributed by atoms with Crippen LogP contribution in [-0.2, 0) is 28.6 Å². The fourth-order valence-corrected chi connectivity index (χ4v) is 4.57. The molecule has 3 aliphatic heterocycles. The van der Waals surface area contributed by atoms with E-state index in [1.165, 1.54) is 11.0 Å². The quantitative estimate of drug-likeness (QED) is 0.253. The van der Waals surface area contributed by atoms with Gasteiger partial charge in [0.05, 0.1) is 37.1 Å². The predicted octanol–water partition coefficient (Wildman–Crippen LogP) is 4.12. The Morgan fingerprint density at radius 1 is 0.727 bits per heavy atom. The van der Waals surface area contributed by atoms with Crippen LogP contribution in [-0.4, -0.2) is 65.7 Å². The van der Waals surface area contributed by atoms with Gasteiger partial charge in [-0.15, -0.1) is 0 Å².